The molecule has 2 heterocycles. The molecule has 2 aromatic heterocycles. The van der Waals surface area contributed by atoms with Crippen molar-refractivity contribution < 1.29 is 13.2 Å². The van der Waals surface area contributed by atoms with Gasteiger partial charge in [-0.15, -0.1) is 0 Å². The van der Waals surface area contributed by atoms with Crippen LogP contribution in [0.1, 0.15) is 21.6 Å². The minimum absolute atomic E-state index is 0.0130. The zero-order chi connectivity index (χ0) is 20.5. The minimum atomic E-state index is -4.01. The molecule has 3 aromatic rings. The van der Waals surface area contributed by atoms with E-state index >= 15 is 0 Å². The summed E-state index contributed by atoms with van der Waals surface area (Å²) in [6.07, 6.45) is 2.63. The summed E-state index contributed by atoms with van der Waals surface area (Å²) < 4.78 is 27.9. The monoisotopic (exact) mass is 436 g/mol. The summed E-state index contributed by atoms with van der Waals surface area (Å²) in [5.74, 6) is -0.380. The molecule has 1 aromatic carbocycles. The van der Waals surface area contributed by atoms with Gasteiger partial charge in [0.25, 0.3) is 10.0 Å². The number of halogens is 2. The van der Waals surface area contributed by atoms with Crippen molar-refractivity contribution in [3.8, 4) is 0 Å². The quantitative estimate of drug-likeness (QED) is 0.588. The van der Waals surface area contributed by atoms with Crippen molar-refractivity contribution >= 4 is 50.5 Å². The van der Waals surface area contributed by atoms with Crippen LogP contribution in [0, 0.1) is 6.92 Å². The van der Waals surface area contributed by atoms with Crippen LogP contribution in [-0.4, -0.2) is 24.2 Å². The lowest BCUT2D eigenvalue weighted by Gasteiger charge is -2.13. The van der Waals surface area contributed by atoms with Gasteiger partial charge in [-0.2, -0.15) is 0 Å². The van der Waals surface area contributed by atoms with E-state index in [1.54, 1.807) is 6.92 Å². The molecule has 7 nitrogen and oxygen atoms in total. The summed E-state index contributed by atoms with van der Waals surface area (Å²) in [5, 5.41) is 0.602. The van der Waals surface area contributed by atoms with E-state index in [4.69, 9.17) is 28.9 Å². The van der Waals surface area contributed by atoms with Crippen LogP contribution in [0.25, 0.3) is 0 Å². The van der Waals surface area contributed by atoms with E-state index in [1.807, 2.05) is 0 Å². The first-order valence-corrected chi connectivity index (χ1v) is 10.1. The van der Waals surface area contributed by atoms with Crippen LogP contribution in [0.5, 0.6) is 0 Å². The maximum atomic E-state index is 12.8. The standard InChI is InChI=1S/C18H14Cl2N4O3S/c1-10-6-13(2-3-14(10)20)28(26,27)24-15-8-12(19)9-23-17(15)18(25)11-4-5-22-16(21)7-11/h2-9,24H,1H3,(H2,21,22). The first-order valence-electron chi connectivity index (χ1n) is 7.88. The largest absolute Gasteiger partial charge is 0.384 e. The van der Waals surface area contributed by atoms with E-state index in [0.29, 0.717) is 10.6 Å². The summed E-state index contributed by atoms with van der Waals surface area (Å²) in [6.45, 7) is 1.69. The number of sulfonamides is 1. The molecule has 0 bridgehead atoms. The van der Waals surface area contributed by atoms with Gasteiger partial charge in [-0.3, -0.25) is 9.52 Å². The Morgan fingerprint density at radius 1 is 1.11 bits per heavy atom. The second-order valence-corrected chi connectivity index (χ2v) is 8.39. The van der Waals surface area contributed by atoms with Gasteiger partial charge in [-0.05, 0) is 48.9 Å². The molecule has 0 fully saturated rings. The molecule has 0 saturated heterocycles. The van der Waals surface area contributed by atoms with Crippen molar-refractivity contribution in [1.82, 2.24) is 9.97 Å². The van der Waals surface area contributed by atoms with Gasteiger partial charge >= 0.3 is 0 Å². The highest BCUT2D eigenvalue weighted by Gasteiger charge is 2.22. The maximum Gasteiger partial charge on any atom is 0.261 e. The van der Waals surface area contributed by atoms with Crippen LogP contribution in [0.15, 0.2) is 53.7 Å². The number of pyridine rings is 2. The van der Waals surface area contributed by atoms with Crippen LogP contribution >= 0.6 is 23.2 Å². The number of anilines is 2. The number of nitrogen functional groups attached to an aromatic ring is 1. The van der Waals surface area contributed by atoms with Crippen LogP contribution in [0.2, 0.25) is 10.0 Å². The molecule has 0 spiro atoms. The van der Waals surface area contributed by atoms with Crippen LogP contribution in [0.3, 0.4) is 0 Å². The number of rotatable bonds is 5. The van der Waals surface area contributed by atoms with Crippen molar-refractivity contribution in [2.45, 2.75) is 11.8 Å². The summed E-state index contributed by atoms with van der Waals surface area (Å²) >= 11 is 11.9. The molecule has 28 heavy (non-hydrogen) atoms. The molecule has 0 aliphatic heterocycles. The van der Waals surface area contributed by atoms with E-state index in [0.717, 1.165) is 0 Å². The minimum Gasteiger partial charge on any atom is -0.384 e. The number of aryl methyl sites for hydroxylation is 1. The normalized spacial score (nSPS) is 11.2. The van der Waals surface area contributed by atoms with Gasteiger partial charge in [-0.1, -0.05) is 23.2 Å². The third kappa shape index (κ3) is 4.24. The topological polar surface area (TPSA) is 115 Å². The lowest BCUT2D eigenvalue weighted by Crippen LogP contribution is -2.17. The average Bonchev–Trinajstić information content (AvgIpc) is 2.63. The molecular formula is C18H14Cl2N4O3S. The number of ketones is 1. The Morgan fingerprint density at radius 2 is 1.86 bits per heavy atom. The molecule has 144 valence electrons. The smallest absolute Gasteiger partial charge is 0.261 e. The zero-order valence-corrected chi connectivity index (χ0v) is 16.8. The number of hydrogen-bond donors (Lipinski definition) is 2. The molecule has 10 heteroatoms. The average molecular weight is 437 g/mol. The molecular weight excluding hydrogens is 423 g/mol. The predicted molar refractivity (Wildman–Crippen MR) is 108 cm³/mol. The molecule has 0 unspecified atom stereocenters. The van der Waals surface area contributed by atoms with E-state index < -0.39 is 15.8 Å². The molecule has 0 aliphatic carbocycles. The Balaban J connectivity index is 2.03. The number of benzene rings is 1. The number of carbonyl (C=O) groups is 1. The van der Waals surface area contributed by atoms with Crippen molar-refractivity contribution in [2.24, 2.45) is 0 Å². The number of nitrogens with zero attached hydrogens (tertiary/aromatic N) is 2. The number of nitrogens with one attached hydrogen (secondary N) is 1. The molecule has 0 saturated carbocycles. The Bertz CT molecular complexity index is 1180. The van der Waals surface area contributed by atoms with E-state index in [2.05, 4.69) is 14.7 Å². The van der Waals surface area contributed by atoms with E-state index in [-0.39, 0.29) is 32.7 Å². The van der Waals surface area contributed by atoms with Gasteiger partial charge in [0, 0.05) is 23.0 Å². The van der Waals surface area contributed by atoms with Crippen molar-refractivity contribution in [1.29, 1.82) is 0 Å². The van der Waals surface area contributed by atoms with Crippen LogP contribution in [-0.2, 0) is 10.0 Å². The Morgan fingerprint density at radius 3 is 2.54 bits per heavy atom. The molecule has 0 aliphatic rings. The first kappa shape index (κ1) is 20.1. The Kier molecular flexibility index (Phi) is 5.55. The SMILES string of the molecule is Cc1cc(S(=O)(=O)Nc2cc(Cl)cnc2C(=O)c2ccnc(N)c2)ccc1Cl. The summed E-state index contributed by atoms with van der Waals surface area (Å²) in [4.78, 5) is 20.6. The predicted octanol–water partition coefficient (Wildman–Crippen LogP) is 3.71. The lowest BCUT2D eigenvalue weighted by atomic mass is 10.1. The number of nitrogens with two attached hydrogens (primary N) is 1. The lowest BCUT2D eigenvalue weighted by molar-refractivity contribution is 0.103. The third-order valence-corrected chi connectivity index (χ3v) is 5.79. The van der Waals surface area contributed by atoms with Crippen molar-refractivity contribution in [3.63, 3.8) is 0 Å². The zero-order valence-electron chi connectivity index (χ0n) is 14.5. The molecule has 0 radical (unpaired) electrons. The van der Waals surface area contributed by atoms with Gasteiger partial charge in [0.2, 0.25) is 5.78 Å². The van der Waals surface area contributed by atoms with Gasteiger partial charge in [0.15, 0.2) is 0 Å². The highest BCUT2D eigenvalue weighted by Crippen LogP contribution is 2.26. The number of hydrogen-bond acceptors (Lipinski definition) is 6. The second kappa shape index (κ2) is 7.75. The van der Waals surface area contributed by atoms with Gasteiger partial charge < -0.3 is 5.73 Å². The second-order valence-electron chi connectivity index (χ2n) is 5.86. The molecule has 0 amide bonds. The summed E-state index contributed by atoms with van der Waals surface area (Å²) in [7, 11) is -4.01. The molecule has 3 N–H and O–H groups in total. The summed E-state index contributed by atoms with van der Waals surface area (Å²) in [5.41, 5.74) is 6.25. The summed E-state index contributed by atoms with van der Waals surface area (Å²) in [6, 6.07) is 8.41. The third-order valence-electron chi connectivity index (χ3n) is 3.80. The number of carbonyl (C=O) groups excluding carboxylic acids is 1. The van der Waals surface area contributed by atoms with Crippen molar-refractivity contribution in [3.05, 3.63) is 75.7 Å². The fourth-order valence-electron chi connectivity index (χ4n) is 2.41. The molecule has 3 rings (SSSR count). The highest BCUT2D eigenvalue weighted by atomic mass is 35.5. The van der Waals surface area contributed by atoms with Crippen LogP contribution in [0.4, 0.5) is 11.5 Å². The Labute approximate surface area is 171 Å². The van der Waals surface area contributed by atoms with Crippen LogP contribution < -0.4 is 10.5 Å². The maximum absolute atomic E-state index is 12.8. The van der Waals surface area contributed by atoms with Gasteiger partial charge in [0.1, 0.15) is 11.5 Å². The fourth-order valence-corrected chi connectivity index (χ4v) is 3.83. The van der Waals surface area contributed by atoms with E-state index in [1.165, 1.54) is 48.8 Å². The van der Waals surface area contributed by atoms with Gasteiger partial charge in [0.05, 0.1) is 15.6 Å². The first-order chi connectivity index (χ1) is 13.2. The fraction of sp³-hybridized carbons (Fsp3) is 0.0556. The molecule has 0 atom stereocenters. The van der Waals surface area contributed by atoms with Gasteiger partial charge in [-0.25, -0.2) is 18.4 Å². The van der Waals surface area contributed by atoms with E-state index in [9.17, 15) is 13.2 Å². The Hall–Kier alpha value is -2.68. The number of aromatic nitrogens is 2. The highest BCUT2D eigenvalue weighted by molar-refractivity contribution is 7.92. The van der Waals surface area contributed by atoms with Crippen molar-refractivity contribution in [2.75, 3.05) is 10.5 Å².